The number of carbonyl (C=O) groups is 3. The van der Waals surface area contributed by atoms with Crippen molar-refractivity contribution >= 4 is 17.8 Å². The Balaban J connectivity index is 1.67. The Kier molecular flexibility index (Phi) is 7.37. The molecule has 1 aliphatic rings. The third kappa shape index (κ3) is 7.17. The van der Waals surface area contributed by atoms with Crippen LogP contribution in [0.2, 0.25) is 0 Å². The summed E-state index contributed by atoms with van der Waals surface area (Å²) in [5, 5.41) is 8.11. The minimum absolute atomic E-state index is 0.0739. The number of benzene rings is 1. The number of likely N-dealkylation sites (tertiary alicyclic amines) is 1. The van der Waals surface area contributed by atoms with Gasteiger partial charge in [-0.05, 0) is 57.2 Å². The Labute approximate surface area is 165 Å². The van der Waals surface area contributed by atoms with Crippen LogP contribution in [0.4, 0.5) is 9.18 Å². The molecule has 0 aromatic heterocycles. The van der Waals surface area contributed by atoms with Gasteiger partial charge in [0.1, 0.15) is 5.82 Å². The molecule has 4 amide bonds. The van der Waals surface area contributed by atoms with Crippen LogP contribution in [0.15, 0.2) is 24.3 Å². The van der Waals surface area contributed by atoms with Crippen LogP contribution in [0.3, 0.4) is 0 Å². The molecule has 0 bridgehead atoms. The molecular weight excluding hydrogens is 363 g/mol. The largest absolute Gasteiger partial charge is 0.348 e. The average molecular weight is 392 g/mol. The fourth-order valence-corrected chi connectivity index (χ4v) is 2.92. The zero-order valence-electron chi connectivity index (χ0n) is 16.7. The molecule has 1 aromatic rings. The van der Waals surface area contributed by atoms with E-state index in [0.29, 0.717) is 25.2 Å². The van der Waals surface area contributed by atoms with Gasteiger partial charge in [-0.2, -0.15) is 0 Å². The Morgan fingerprint density at radius 1 is 1.04 bits per heavy atom. The first-order valence-electron chi connectivity index (χ1n) is 9.51. The number of hydrogen-bond donors (Lipinski definition) is 3. The number of carbonyl (C=O) groups excluding carboxylic acids is 3. The van der Waals surface area contributed by atoms with Crippen LogP contribution in [0.1, 0.15) is 39.2 Å². The summed E-state index contributed by atoms with van der Waals surface area (Å²) in [4.78, 5) is 37.7. The zero-order valence-corrected chi connectivity index (χ0v) is 16.7. The lowest BCUT2D eigenvalue weighted by atomic mass is 9.97. The Hall–Kier alpha value is -2.64. The first-order valence-corrected chi connectivity index (χ1v) is 9.51. The van der Waals surface area contributed by atoms with E-state index in [1.807, 2.05) is 20.8 Å². The quantitative estimate of drug-likeness (QED) is 0.682. The van der Waals surface area contributed by atoms with E-state index in [9.17, 15) is 18.8 Å². The van der Waals surface area contributed by atoms with Gasteiger partial charge in [-0.15, -0.1) is 0 Å². The minimum Gasteiger partial charge on any atom is -0.348 e. The number of rotatable bonds is 4. The van der Waals surface area contributed by atoms with Gasteiger partial charge in [-0.25, -0.2) is 9.18 Å². The van der Waals surface area contributed by atoms with Gasteiger partial charge in [0.05, 0.1) is 0 Å². The molecule has 0 unspecified atom stereocenters. The second kappa shape index (κ2) is 9.52. The number of urea groups is 1. The van der Waals surface area contributed by atoms with E-state index in [1.54, 1.807) is 17.0 Å². The molecule has 154 valence electrons. The van der Waals surface area contributed by atoms with E-state index >= 15 is 0 Å². The van der Waals surface area contributed by atoms with E-state index in [2.05, 4.69) is 16.0 Å². The van der Waals surface area contributed by atoms with E-state index in [1.165, 1.54) is 12.1 Å². The van der Waals surface area contributed by atoms with Crippen LogP contribution in [-0.2, 0) is 16.1 Å². The van der Waals surface area contributed by atoms with Crippen molar-refractivity contribution in [3.63, 3.8) is 0 Å². The molecule has 8 heteroatoms. The topological polar surface area (TPSA) is 90.5 Å². The van der Waals surface area contributed by atoms with Crippen LogP contribution in [0.5, 0.6) is 0 Å². The molecule has 1 aliphatic heterocycles. The number of nitrogens with zero attached hydrogens (tertiary/aromatic N) is 1. The van der Waals surface area contributed by atoms with Crippen molar-refractivity contribution in [3.8, 4) is 0 Å². The SMILES string of the molecule is CC(C)(C)NC(=O)N1CCC(CNC(=O)C(=O)NCc2ccc(F)cc2)CC1. The smallest absolute Gasteiger partial charge is 0.317 e. The van der Waals surface area contributed by atoms with E-state index in [4.69, 9.17) is 0 Å². The summed E-state index contributed by atoms with van der Waals surface area (Å²) in [5.41, 5.74) is 0.437. The first kappa shape index (κ1) is 21.7. The van der Waals surface area contributed by atoms with E-state index in [0.717, 1.165) is 12.8 Å². The van der Waals surface area contributed by atoms with Gasteiger partial charge in [0, 0.05) is 31.7 Å². The molecule has 1 aromatic carbocycles. The Morgan fingerprint density at radius 2 is 1.61 bits per heavy atom. The lowest BCUT2D eigenvalue weighted by Gasteiger charge is -2.34. The standard InChI is InChI=1S/C20H29FN4O3/c1-20(2,3)24-19(28)25-10-8-15(9-11-25)13-23-18(27)17(26)22-12-14-4-6-16(21)7-5-14/h4-7,15H,8-13H2,1-3H3,(H,22,26)(H,23,27)(H,24,28). The van der Waals surface area contributed by atoms with Crippen LogP contribution in [-0.4, -0.2) is 47.9 Å². The number of nitrogens with one attached hydrogen (secondary N) is 3. The normalized spacial score (nSPS) is 15.1. The maximum absolute atomic E-state index is 12.9. The second-order valence-corrected chi connectivity index (χ2v) is 8.13. The molecule has 0 spiro atoms. The molecule has 1 saturated heterocycles. The predicted molar refractivity (Wildman–Crippen MR) is 104 cm³/mol. The van der Waals surface area contributed by atoms with Gasteiger partial charge in [-0.3, -0.25) is 9.59 Å². The van der Waals surface area contributed by atoms with Crippen LogP contribution in [0, 0.1) is 11.7 Å². The number of hydrogen-bond acceptors (Lipinski definition) is 3. The van der Waals surface area contributed by atoms with Crippen molar-refractivity contribution in [1.29, 1.82) is 0 Å². The van der Waals surface area contributed by atoms with Gasteiger partial charge in [0.2, 0.25) is 0 Å². The van der Waals surface area contributed by atoms with Crippen molar-refractivity contribution in [2.24, 2.45) is 5.92 Å². The third-order valence-electron chi connectivity index (χ3n) is 4.51. The fraction of sp³-hybridized carbons (Fsp3) is 0.550. The second-order valence-electron chi connectivity index (χ2n) is 8.13. The van der Waals surface area contributed by atoms with Crippen LogP contribution in [0.25, 0.3) is 0 Å². The summed E-state index contributed by atoms with van der Waals surface area (Å²) >= 11 is 0. The maximum atomic E-state index is 12.9. The first-order chi connectivity index (χ1) is 13.1. The van der Waals surface area contributed by atoms with Gasteiger partial charge in [-0.1, -0.05) is 12.1 Å². The summed E-state index contributed by atoms with van der Waals surface area (Å²) in [5.74, 6) is -1.52. The molecule has 0 atom stereocenters. The average Bonchev–Trinajstić information content (AvgIpc) is 2.64. The predicted octanol–water partition coefficient (Wildman–Crippen LogP) is 1.78. The highest BCUT2D eigenvalue weighted by Crippen LogP contribution is 2.17. The Morgan fingerprint density at radius 3 is 2.18 bits per heavy atom. The summed E-state index contributed by atoms with van der Waals surface area (Å²) in [7, 11) is 0. The van der Waals surface area contributed by atoms with Crippen molar-refractivity contribution in [2.75, 3.05) is 19.6 Å². The molecule has 2 rings (SSSR count). The van der Waals surface area contributed by atoms with E-state index in [-0.39, 0.29) is 29.8 Å². The van der Waals surface area contributed by atoms with Crippen molar-refractivity contribution in [2.45, 2.75) is 45.7 Å². The number of halogens is 1. The minimum atomic E-state index is -0.716. The molecule has 0 saturated carbocycles. The molecule has 28 heavy (non-hydrogen) atoms. The highest BCUT2D eigenvalue weighted by molar-refractivity contribution is 6.35. The molecule has 0 aliphatic carbocycles. The lowest BCUT2D eigenvalue weighted by Crippen LogP contribution is -2.51. The lowest BCUT2D eigenvalue weighted by molar-refractivity contribution is -0.139. The number of amides is 4. The van der Waals surface area contributed by atoms with Crippen LogP contribution >= 0.6 is 0 Å². The van der Waals surface area contributed by atoms with Gasteiger partial charge < -0.3 is 20.9 Å². The van der Waals surface area contributed by atoms with Gasteiger partial charge >= 0.3 is 17.8 Å². The van der Waals surface area contributed by atoms with Crippen LogP contribution < -0.4 is 16.0 Å². The van der Waals surface area contributed by atoms with Gasteiger partial charge in [0.15, 0.2) is 0 Å². The van der Waals surface area contributed by atoms with E-state index < -0.39 is 11.8 Å². The Bertz CT molecular complexity index is 692. The summed E-state index contributed by atoms with van der Waals surface area (Å²) in [6.45, 7) is 7.63. The molecule has 3 N–H and O–H groups in total. The van der Waals surface area contributed by atoms with Crippen molar-refractivity contribution in [3.05, 3.63) is 35.6 Å². The molecule has 0 radical (unpaired) electrons. The van der Waals surface area contributed by atoms with Crippen molar-refractivity contribution in [1.82, 2.24) is 20.9 Å². The summed E-state index contributed by atoms with van der Waals surface area (Å²) in [6.07, 6.45) is 1.55. The highest BCUT2D eigenvalue weighted by Gasteiger charge is 2.25. The summed E-state index contributed by atoms with van der Waals surface area (Å²) in [6, 6.07) is 5.63. The molecule has 1 fully saturated rings. The molecule has 1 heterocycles. The van der Waals surface area contributed by atoms with Gasteiger partial charge in [0.25, 0.3) is 0 Å². The van der Waals surface area contributed by atoms with Crippen molar-refractivity contribution < 1.29 is 18.8 Å². The highest BCUT2D eigenvalue weighted by atomic mass is 19.1. The maximum Gasteiger partial charge on any atom is 0.317 e. The zero-order chi connectivity index (χ0) is 20.7. The molecular formula is C20H29FN4O3. The summed E-state index contributed by atoms with van der Waals surface area (Å²) < 4.78 is 12.9. The fourth-order valence-electron chi connectivity index (χ4n) is 2.92. The third-order valence-corrected chi connectivity index (χ3v) is 4.51. The number of piperidine rings is 1. The monoisotopic (exact) mass is 392 g/mol. The molecule has 7 nitrogen and oxygen atoms in total.